The monoisotopic (exact) mass is 305 g/mol. The zero-order chi connectivity index (χ0) is 15.4. The summed E-state index contributed by atoms with van der Waals surface area (Å²) in [6.45, 7) is 9.07. The van der Waals surface area contributed by atoms with Crippen LogP contribution in [0.15, 0.2) is 18.2 Å². The molecule has 1 heterocycles. The van der Waals surface area contributed by atoms with E-state index in [1.807, 2.05) is 6.07 Å². The SMILES string of the molecule is Cc1ccc(OCCc2nc(C(C)C)c(CO)s2)cc1C. The van der Waals surface area contributed by atoms with Crippen LogP contribution >= 0.6 is 11.3 Å². The number of hydrogen-bond donors (Lipinski definition) is 1. The van der Waals surface area contributed by atoms with Crippen LogP contribution in [0.1, 0.15) is 46.5 Å². The van der Waals surface area contributed by atoms with Crippen LogP contribution in [-0.2, 0) is 13.0 Å². The number of nitrogens with zero attached hydrogens (tertiary/aromatic N) is 1. The maximum absolute atomic E-state index is 9.38. The molecule has 0 amide bonds. The molecule has 3 nitrogen and oxygen atoms in total. The minimum atomic E-state index is 0.0726. The lowest BCUT2D eigenvalue weighted by Crippen LogP contribution is -2.02. The Morgan fingerprint density at radius 3 is 2.57 bits per heavy atom. The quantitative estimate of drug-likeness (QED) is 0.877. The second-order valence-corrected chi connectivity index (χ2v) is 6.74. The molecule has 0 unspecified atom stereocenters. The molecule has 114 valence electrons. The van der Waals surface area contributed by atoms with Gasteiger partial charge in [-0.05, 0) is 43.0 Å². The zero-order valence-electron chi connectivity index (χ0n) is 13.1. The highest BCUT2D eigenvalue weighted by Crippen LogP contribution is 2.25. The van der Waals surface area contributed by atoms with Gasteiger partial charge in [-0.1, -0.05) is 19.9 Å². The van der Waals surface area contributed by atoms with Gasteiger partial charge in [0.1, 0.15) is 5.75 Å². The van der Waals surface area contributed by atoms with Crippen LogP contribution in [0.25, 0.3) is 0 Å². The number of aliphatic hydroxyl groups excluding tert-OH is 1. The molecule has 0 aliphatic rings. The maximum Gasteiger partial charge on any atom is 0.119 e. The van der Waals surface area contributed by atoms with E-state index in [4.69, 9.17) is 4.74 Å². The van der Waals surface area contributed by atoms with Gasteiger partial charge in [-0.15, -0.1) is 11.3 Å². The maximum atomic E-state index is 9.38. The summed E-state index contributed by atoms with van der Waals surface area (Å²) < 4.78 is 5.79. The fourth-order valence-corrected chi connectivity index (χ4v) is 3.21. The Morgan fingerprint density at radius 2 is 2.00 bits per heavy atom. The van der Waals surface area contributed by atoms with Crippen molar-refractivity contribution < 1.29 is 9.84 Å². The average molecular weight is 305 g/mol. The fourth-order valence-electron chi connectivity index (χ4n) is 2.15. The molecule has 2 aromatic rings. The van der Waals surface area contributed by atoms with Crippen molar-refractivity contribution in [3.05, 3.63) is 44.9 Å². The van der Waals surface area contributed by atoms with Gasteiger partial charge in [0, 0.05) is 6.42 Å². The Labute approximate surface area is 130 Å². The second-order valence-electron chi connectivity index (χ2n) is 5.57. The van der Waals surface area contributed by atoms with Crippen molar-refractivity contribution in [3.63, 3.8) is 0 Å². The molecule has 0 spiro atoms. The van der Waals surface area contributed by atoms with Gasteiger partial charge in [-0.25, -0.2) is 4.98 Å². The van der Waals surface area contributed by atoms with Crippen molar-refractivity contribution in [3.8, 4) is 5.75 Å². The van der Waals surface area contributed by atoms with Crippen molar-refractivity contribution in [2.75, 3.05) is 6.61 Å². The summed E-state index contributed by atoms with van der Waals surface area (Å²) in [4.78, 5) is 5.60. The summed E-state index contributed by atoms with van der Waals surface area (Å²) in [5.74, 6) is 1.25. The van der Waals surface area contributed by atoms with Crippen molar-refractivity contribution in [1.29, 1.82) is 0 Å². The number of ether oxygens (including phenoxy) is 1. The summed E-state index contributed by atoms with van der Waals surface area (Å²) in [6.07, 6.45) is 0.775. The lowest BCUT2D eigenvalue weighted by molar-refractivity contribution is 0.283. The molecule has 0 aliphatic heterocycles. The predicted octanol–water partition coefficient (Wildman–Crippen LogP) is 4.00. The lowest BCUT2D eigenvalue weighted by atomic mass is 10.1. The van der Waals surface area contributed by atoms with Crippen molar-refractivity contribution in [2.45, 2.75) is 46.6 Å². The molecule has 0 saturated heterocycles. The molecule has 1 aromatic carbocycles. The van der Waals surface area contributed by atoms with E-state index in [2.05, 4.69) is 44.8 Å². The van der Waals surface area contributed by atoms with Gasteiger partial charge in [0.2, 0.25) is 0 Å². The molecule has 0 fully saturated rings. The first-order valence-corrected chi connectivity index (χ1v) is 8.12. The minimum absolute atomic E-state index is 0.0726. The van der Waals surface area contributed by atoms with Gasteiger partial charge in [0.05, 0.1) is 28.8 Å². The Bertz CT molecular complexity index is 605. The van der Waals surface area contributed by atoms with E-state index < -0.39 is 0 Å². The van der Waals surface area contributed by atoms with Crippen LogP contribution in [0.2, 0.25) is 0 Å². The molecule has 0 atom stereocenters. The summed E-state index contributed by atoms with van der Waals surface area (Å²) in [6, 6.07) is 6.15. The molecule has 1 aromatic heterocycles. The van der Waals surface area contributed by atoms with Gasteiger partial charge < -0.3 is 9.84 Å². The average Bonchev–Trinajstić information content (AvgIpc) is 2.86. The molecular formula is C17H23NO2S. The first-order valence-electron chi connectivity index (χ1n) is 7.30. The first-order chi connectivity index (χ1) is 10.0. The van der Waals surface area contributed by atoms with Crippen LogP contribution in [-0.4, -0.2) is 16.7 Å². The number of rotatable bonds is 6. The lowest BCUT2D eigenvalue weighted by Gasteiger charge is -2.07. The highest BCUT2D eigenvalue weighted by Gasteiger charge is 2.13. The number of hydrogen-bond acceptors (Lipinski definition) is 4. The molecule has 0 aliphatic carbocycles. The van der Waals surface area contributed by atoms with Crippen LogP contribution in [0.5, 0.6) is 5.75 Å². The molecule has 21 heavy (non-hydrogen) atoms. The summed E-state index contributed by atoms with van der Waals surface area (Å²) in [5, 5.41) is 10.4. The molecule has 0 saturated carbocycles. The molecule has 4 heteroatoms. The molecule has 0 radical (unpaired) electrons. The second kappa shape index (κ2) is 7.05. The van der Waals surface area contributed by atoms with E-state index >= 15 is 0 Å². The standard InChI is InChI=1S/C17H23NO2S/c1-11(2)17-15(10-19)21-16(18-17)7-8-20-14-6-5-12(3)13(4)9-14/h5-6,9,11,19H,7-8,10H2,1-4H3. The van der Waals surface area contributed by atoms with E-state index in [-0.39, 0.29) is 6.61 Å². The predicted molar refractivity (Wildman–Crippen MR) is 87.2 cm³/mol. The van der Waals surface area contributed by atoms with E-state index in [1.54, 1.807) is 11.3 Å². The van der Waals surface area contributed by atoms with Crippen LogP contribution < -0.4 is 4.74 Å². The number of aryl methyl sites for hydroxylation is 2. The topological polar surface area (TPSA) is 42.4 Å². The smallest absolute Gasteiger partial charge is 0.119 e. The van der Waals surface area contributed by atoms with E-state index in [9.17, 15) is 5.11 Å². The van der Waals surface area contributed by atoms with Crippen molar-refractivity contribution >= 4 is 11.3 Å². The molecule has 2 rings (SSSR count). The number of benzene rings is 1. The third kappa shape index (κ3) is 4.05. The van der Waals surface area contributed by atoms with Crippen LogP contribution in [0.4, 0.5) is 0 Å². The third-order valence-corrected chi connectivity index (χ3v) is 4.64. The molecule has 0 bridgehead atoms. The van der Waals surface area contributed by atoms with Crippen LogP contribution in [0.3, 0.4) is 0 Å². The normalized spacial score (nSPS) is 11.1. The van der Waals surface area contributed by atoms with Gasteiger partial charge >= 0.3 is 0 Å². The third-order valence-electron chi connectivity index (χ3n) is 3.53. The van der Waals surface area contributed by atoms with Gasteiger partial charge in [-0.2, -0.15) is 0 Å². The number of aromatic nitrogens is 1. The summed E-state index contributed by atoms with van der Waals surface area (Å²) in [7, 11) is 0. The molecular weight excluding hydrogens is 282 g/mol. The van der Waals surface area contributed by atoms with E-state index in [1.165, 1.54) is 11.1 Å². The Balaban J connectivity index is 1.95. The van der Waals surface area contributed by atoms with Crippen molar-refractivity contribution in [2.24, 2.45) is 0 Å². The van der Waals surface area contributed by atoms with Crippen LogP contribution in [0, 0.1) is 13.8 Å². The minimum Gasteiger partial charge on any atom is -0.493 e. The van der Waals surface area contributed by atoms with E-state index in [0.717, 1.165) is 27.7 Å². The largest absolute Gasteiger partial charge is 0.493 e. The first kappa shape index (κ1) is 16.0. The highest BCUT2D eigenvalue weighted by molar-refractivity contribution is 7.11. The van der Waals surface area contributed by atoms with Gasteiger partial charge in [0.15, 0.2) is 0 Å². The highest BCUT2D eigenvalue weighted by atomic mass is 32.1. The summed E-state index contributed by atoms with van der Waals surface area (Å²) >= 11 is 1.59. The van der Waals surface area contributed by atoms with E-state index in [0.29, 0.717) is 12.5 Å². The number of aliphatic hydroxyl groups is 1. The molecule has 1 N–H and O–H groups in total. The van der Waals surface area contributed by atoms with Gasteiger partial charge in [0.25, 0.3) is 0 Å². The Morgan fingerprint density at radius 1 is 1.24 bits per heavy atom. The van der Waals surface area contributed by atoms with Gasteiger partial charge in [-0.3, -0.25) is 0 Å². The Hall–Kier alpha value is -1.39. The fraction of sp³-hybridized carbons (Fsp3) is 0.471. The summed E-state index contributed by atoms with van der Waals surface area (Å²) in [5.41, 5.74) is 3.53. The Kier molecular flexibility index (Phi) is 5.37. The zero-order valence-corrected chi connectivity index (χ0v) is 14.0. The number of thiazole rings is 1. The van der Waals surface area contributed by atoms with Crippen molar-refractivity contribution in [1.82, 2.24) is 4.98 Å².